The van der Waals surface area contributed by atoms with E-state index in [-0.39, 0.29) is 11.8 Å². The van der Waals surface area contributed by atoms with Gasteiger partial charge in [-0.1, -0.05) is 48.7 Å². The van der Waals surface area contributed by atoms with Gasteiger partial charge >= 0.3 is 0 Å². The average molecular weight is 406 g/mol. The van der Waals surface area contributed by atoms with Crippen LogP contribution in [0.4, 0.5) is 0 Å². The molecule has 2 rings (SSSR count). The van der Waals surface area contributed by atoms with Crippen molar-refractivity contribution in [3.8, 4) is 11.5 Å². The fourth-order valence-corrected chi connectivity index (χ4v) is 2.11. The number of aromatic nitrogens is 2. The van der Waals surface area contributed by atoms with Crippen LogP contribution in [0.15, 0.2) is 22.6 Å². The van der Waals surface area contributed by atoms with Crippen molar-refractivity contribution in [3.63, 3.8) is 0 Å². The fraction of sp³-hybridized carbons (Fsp3) is 0.412. The molecule has 0 saturated carbocycles. The Morgan fingerprint density at radius 2 is 1.76 bits per heavy atom. The highest BCUT2D eigenvalue weighted by Crippen LogP contribution is 2.37. The molecule has 136 valence electrons. The van der Waals surface area contributed by atoms with Crippen LogP contribution in [0.2, 0.25) is 0 Å². The van der Waals surface area contributed by atoms with E-state index in [2.05, 4.69) is 17.1 Å². The summed E-state index contributed by atoms with van der Waals surface area (Å²) in [5, 5.41) is 7.53. The number of rotatable bonds is 8. The molecule has 2 aromatic rings. The first-order valence-corrected chi connectivity index (χ1v) is 9.05. The van der Waals surface area contributed by atoms with Gasteiger partial charge in [-0.3, -0.25) is 0 Å². The van der Waals surface area contributed by atoms with E-state index in [4.69, 9.17) is 48.7 Å². The molecule has 1 aromatic heterocycles. The molecule has 0 spiro atoms. The molecule has 0 bridgehead atoms. The molecule has 5 nitrogen and oxygen atoms in total. The Hall–Kier alpha value is -1.43. The van der Waals surface area contributed by atoms with Crippen LogP contribution in [0.5, 0.6) is 11.5 Å². The zero-order valence-electron chi connectivity index (χ0n) is 14.0. The third-order valence-corrected chi connectivity index (χ3v) is 3.49. The molecular weight excluding hydrogens is 387 g/mol. The first-order chi connectivity index (χ1) is 11.9. The smallest absolute Gasteiger partial charge is 0.268 e. The maximum Gasteiger partial charge on any atom is 0.268 e. The van der Waals surface area contributed by atoms with E-state index in [1.54, 1.807) is 12.2 Å². The van der Waals surface area contributed by atoms with E-state index in [1.165, 1.54) is 0 Å². The van der Waals surface area contributed by atoms with Gasteiger partial charge in [0.2, 0.25) is 5.89 Å². The Labute approximate surface area is 161 Å². The lowest BCUT2D eigenvalue weighted by Gasteiger charge is -2.11. The molecule has 25 heavy (non-hydrogen) atoms. The number of benzene rings is 1. The van der Waals surface area contributed by atoms with Crippen LogP contribution in [-0.2, 0) is 3.79 Å². The average Bonchev–Trinajstić information content (AvgIpc) is 3.06. The van der Waals surface area contributed by atoms with Gasteiger partial charge in [0, 0.05) is 17.7 Å². The second-order valence-electron chi connectivity index (χ2n) is 5.17. The first kappa shape index (κ1) is 19.9. The molecular formula is C17H19Cl3N2O3. The van der Waals surface area contributed by atoms with Gasteiger partial charge in [-0.05, 0) is 31.1 Å². The summed E-state index contributed by atoms with van der Waals surface area (Å²) in [6, 6.07) is 5.65. The summed E-state index contributed by atoms with van der Waals surface area (Å²) in [7, 11) is 0. The normalized spacial score (nSPS) is 11.9. The topological polar surface area (TPSA) is 57.4 Å². The van der Waals surface area contributed by atoms with Gasteiger partial charge in [0.25, 0.3) is 9.68 Å². The second-order valence-corrected chi connectivity index (χ2v) is 7.45. The van der Waals surface area contributed by atoms with Crippen LogP contribution in [-0.4, -0.2) is 23.4 Å². The van der Waals surface area contributed by atoms with Crippen molar-refractivity contribution >= 4 is 47.0 Å². The molecule has 1 aromatic carbocycles. The Kier molecular flexibility index (Phi) is 7.41. The lowest BCUT2D eigenvalue weighted by atomic mass is 10.1. The fourth-order valence-electron chi connectivity index (χ4n) is 1.88. The molecule has 0 aliphatic carbocycles. The van der Waals surface area contributed by atoms with Crippen LogP contribution in [0, 0.1) is 0 Å². The highest BCUT2D eigenvalue weighted by atomic mass is 35.6. The molecule has 0 N–H and O–H groups in total. The van der Waals surface area contributed by atoms with Crippen LogP contribution < -0.4 is 9.47 Å². The van der Waals surface area contributed by atoms with Crippen molar-refractivity contribution in [1.29, 1.82) is 0 Å². The van der Waals surface area contributed by atoms with Gasteiger partial charge < -0.3 is 13.9 Å². The maximum absolute atomic E-state index is 5.79. The number of hydrogen-bond donors (Lipinski definition) is 0. The van der Waals surface area contributed by atoms with Crippen molar-refractivity contribution in [2.75, 3.05) is 13.2 Å². The predicted octanol–water partition coefficient (Wildman–Crippen LogP) is 5.64. The predicted molar refractivity (Wildman–Crippen MR) is 100 cm³/mol. The maximum atomic E-state index is 5.79. The van der Waals surface area contributed by atoms with Gasteiger partial charge in [-0.25, -0.2) is 0 Å². The van der Waals surface area contributed by atoms with Gasteiger partial charge in [0.15, 0.2) is 0 Å². The Bertz CT molecular complexity index is 711. The quantitative estimate of drug-likeness (QED) is 0.532. The third kappa shape index (κ3) is 6.10. The van der Waals surface area contributed by atoms with E-state index in [0.717, 1.165) is 24.2 Å². The lowest BCUT2D eigenvalue weighted by Crippen LogP contribution is -1.99. The van der Waals surface area contributed by atoms with E-state index in [1.807, 2.05) is 25.1 Å². The summed E-state index contributed by atoms with van der Waals surface area (Å²) in [4.78, 5) is 0. The molecule has 0 amide bonds. The summed E-state index contributed by atoms with van der Waals surface area (Å²) < 4.78 is 15.0. The van der Waals surface area contributed by atoms with Gasteiger partial charge in [-0.15, -0.1) is 10.2 Å². The van der Waals surface area contributed by atoms with Gasteiger partial charge in [0.05, 0.1) is 13.2 Å². The molecule has 8 heteroatoms. The number of alkyl halides is 3. The van der Waals surface area contributed by atoms with Crippen molar-refractivity contribution in [2.24, 2.45) is 0 Å². The highest BCUT2D eigenvalue weighted by molar-refractivity contribution is 6.66. The van der Waals surface area contributed by atoms with Crippen molar-refractivity contribution in [3.05, 3.63) is 35.5 Å². The van der Waals surface area contributed by atoms with Crippen LogP contribution in [0.3, 0.4) is 0 Å². The molecule has 0 aliphatic rings. The largest absolute Gasteiger partial charge is 0.493 e. The van der Waals surface area contributed by atoms with Crippen LogP contribution in [0.25, 0.3) is 12.2 Å². The minimum atomic E-state index is -1.74. The summed E-state index contributed by atoms with van der Waals surface area (Å²) >= 11 is 17.1. The summed E-state index contributed by atoms with van der Waals surface area (Å²) in [6.45, 7) is 5.37. The summed E-state index contributed by atoms with van der Waals surface area (Å²) in [5.74, 6) is 1.63. The molecule has 0 aliphatic heterocycles. The van der Waals surface area contributed by atoms with Crippen molar-refractivity contribution in [2.45, 2.75) is 30.5 Å². The minimum Gasteiger partial charge on any atom is -0.493 e. The van der Waals surface area contributed by atoms with E-state index in [0.29, 0.717) is 19.0 Å². The number of halogens is 3. The zero-order valence-corrected chi connectivity index (χ0v) is 16.2. The van der Waals surface area contributed by atoms with Crippen LogP contribution in [0.1, 0.15) is 44.0 Å². The lowest BCUT2D eigenvalue weighted by molar-refractivity contribution is 0.301. The molecule has 0 saturated heterocycles. The van der Waals surface area contributed by atoms with Gasteiger partial charge in [-0.2, -0.15) is 0 Å². The number of ether oxygens (including phenoxy) is 2. The Morgan fingerprint density at radius 1 is 1.04 bits per heavy atom. The van der Waals surface area contributed by atoms with Crippen molar-refractivity contribution in [1.82, 2.24) is 10.2 Å². The highest BCUT2D eigenvalue weighted by Gasteiger charge is 2.29. The molecule has 0 unspecified atom stereocenters. The summed E-state index contributed by atoms with van der Waals surface area (Å²) in [5.41, 5.74) is 0.853. The Balaban J connectivity index is 2.20. The standard InChI is InChI=1S/C17H19Cl3N2O3/c1-3-9-23-13-7-5-12(14(11-13)24-10-4-2)6-8-15-21-22-16(25-15)17(18,19)20/h5-8,11H,3-4,9-10H2,1-2H3. The first-order valence-electron chi connectivity index (χ1n) is 7.92. The van der Waals surface area contributed by atoms with Crippen LogP contribution >= 0.6 is 34.8 Å². The van der Waals surface area contributed by atoms with E-state index >= 15 is 0 Å². The molecule has 0 radical (unpaired) electrons. The Morgan fingerprint density at radius 3 is 2.40 bits per heavy atom. The van der Waals surface area contributed by atoms with E-state index in [9.17, 15) is 0 Å². The SMILES string of the molecule is CCCOc1ccc(C=Cc2nnc(C(Cl)(Cl)Cl)o2)c(OCCC)c1. The van der Waals surface area contributed by atoms with E-state index < -0.39 is 3.79 Å². The monoisotopic (exact) mass is 404 g/mol. The summed E-state index contributed by atoms with van der Waals surface area (Å²) in [6.07, 6.45) is 5.27. The molecule has 0 atom stereocenters. The molecule has 1 heterocycles. The number of nitrogens with zero attached hydrogens (tertiary/aromatic N) is 2. The van der Waals surface area contributed by atoms with Crippen molar-refractivity contribution < 1.29 is 13.9 Å². The van der Waals surface area contributed by atoms with Gasteiger partial charge in [0.1, 0.15) is 11.5 Å². The third-order valence-electron chi connectivity index (χ3n) is 3.01. The zero-order chi connectivity index (χ0) is 18.3. The number of hydrogen-bond acceptors (Lipinski definition) is 5. The second kappa shape index (κ2) is 9.32. The minimum absolute atomic E-state index is 0.0806. The molecule has 0 fully saturated rings.